The molecule has 1 amide bonds. The van der Waals surface area contributed by atoms with Gasteiger partial charge in [-0.3, -0.25) is 4.79 Å². The van der Waals surface area contributed by atoms with Gasteiger partial charge < -0.3 is 9.88 Å². The van der Waals surface area contributed by atoms with E-state index < -0.39 is 0 Å². The van der Waals surface area contributed by atoms with Crippen molar-refractivity contribution in [3.8, 4) is 5.82 Å². The van der Waals surface area contributed by atoms with Crippen molar-refractivity contribution in [1.82, 2.24) is 19.3 Å². The van der Waals surface area contributed by atoms with Crippen molar-refractivity contribution >= 4 is 22.6 Å². The summed E-state index contributed by atoms with van der Waals surface area (Å²) in [7, 11) is 0. The molecule has 0 atom stereocenters. The molecular weight excluding hydrogens is 374 g/mol. The van der Waals surface area contributed by atoms with Crippen LogP contribution < -0.4 is 5.32 Å². The van der Waals surface area contributed by atoms with Gasteiger partial charge in [0, 0.05) is 36.7 Å². The van der Waals surface area contributed by atoms with E-state index in [-0.39, 0.29) is 5.91 Å². The topological polar surface area (TPSA) is 64.7 Å². The Morgan fingerprint density at radius 3 is 2.57 bits per heavy atom. The fourth-order valence-corrected chi connectivity index (χ4v) is 3.79. The number of nitrogens with zero attached hydrogens (tertiary/aromatic N) is 4. The zero-order valence-electron chi connectivity index (χ0n) is 17.9. The highest BCUT2D eigenvalue weighted by molar-refractivity contribution is 5.91. The molecule has 0 spiro atoms. The van der Waals surface area contributed by atoms with Gasteiger partial charge in [-0.1, -0.05) is 12.1 Å². The average Bonchev–Trinajstić information content (AvgIpc) is 3.34. The van der Waals surface area contributed by atoms with Crippen LogP contribution in [0.2, 0.25) is 0 Å². The second-order valence-electron chi connectivity index (χ2n) is 7.82. The van der Waals surface area contributed by atoms with Gasteiger partial charge in [0.15, 0.2) is 11.5 Å². The van der Waals surface area contributed by atoms with Gasteiger partial charge >= 0.3 is 0 Å². The fraction of sp³-hybridized carbons (Fsp3) is 0.292. The van der Waals surface area contributed by atoms with E-state index >= 15 is 0 Å². The van der Waals surface area contributed by atoms with Gasteiger partial charge in [-0.05, 0) is 75.1 Å². The van der Waals surface area contributed by atoms with Crippen LogP contribution in [-0.4, -0.2) is 25.2 Å². The molecule has 30 heavy (non-hydrogen) atoms. The molecule has 0 unspecified atom stereocenters. The van der Waals surface area contributed by atoms with Crippen LogP contribution in [0, 0.1) is 27.7 Å². The molecule has 0 radical (unpaired) electrons. The van der Waals surface area contributed by atoms with Crippen LogP contribution in [0.15, 0.2) is 48.8 Å². The van der Waals surface area contributed by atoms with Crippen LogP contribution in [0.5, 0.6) is 0 Å². The first-order valence-electron chi connectivity index (χ1n) is 10.3. The monoisotopic (exact) mass is 401 g/mol. The molecule has 0 saturated heterocycles. The maximum Gasteiger partial charge on any atom is 0.224 e. The Morgan fingerprint density at radius 2 is 1.80 bits per heavy atom. The third kappa shape index (κ3) is 3.85. The van der Waals surface area contributed by atoms with Crippen LogP contribution in [0.3, 0.4) is 0 Å². The third-order valence-corrected chi connectivity index (χ3v) is 5.51. The quantitative estimate of drug-likeness (QED) is 0.501. The molecule has 6 heteroatoms. The first kappa shape index (κ1) is 19.9. The summed E-state index contributed by atoms with van der Waals surface area (Å²) in [4.78, 5) is 17.2. The summed E-state index contributed by atoms with van der Waals surface area (Å²) in [5.74, 6) is 0.894. The summed E-state index contributed by atoms with van der Waals surface area (Å²) in [6, 6.07) is 12.0. The van der Waals surface area contributed by atoms with E-state index in [1.165, 1.54) is 5.56 Å². The molecule has 4 rings (SSSR count). The molecule has 0 fully saturated rings. The van der Waals surface area contributed by atoms with E-state index in [1.54, 1.807) is 0 Å². The molecule has 0 bridgehead atoms. The van der Waals surface area contributed by atoms with E-state index in [1.807, 2.05) is 72.7 Å². The Kier molecular flexibility index (Phi) is 5.40. The lowest BCUT2D eigenvalue weighted by Crippen LogP contribution is -2.14. The number of anilines is 1. The molecule has 0 aliphatic carbocycles. The standard InChI is InChI=1S/C24H27N5O/c1-16-9-7-10-20(19(16)4)26-21(30)11-8-14-29-23-22(17(2)15-18(3)25-23)24(27-29)28-12-5-6-13-28/h5-7,9-10,12-13,15H,8,11,14H2,1-4H3,(H,26,30). The van der Waals surface area contributed by atoms with E-state index in [0.29, 0.717) is 19.4 Å². The third-order valence-electron chi connectivity index (χ3n) is 5.51. The fourth-order valence-electron chi connectivity index (χ4n) is 3.79. The zero-order valence-corrected chi connectivity index (χ0v) is 17.9. The maximum absolute atomic E-state index is 12.5. The van der Waals surface area contributed by atoms with Crippen LogP contribution in [0.25, 0.3) is 16.9 Å². The lowest BCUT2D eigenvalue weighted by Gasteiger charge is -2.10. The minimum atomic E-state index is 0.0196. The molecule has 0 aliphatic heterocycles. The SMILES string of the molecule is Cc1cc(C)c2c(-n3cccc3)nn(CCCC(=O)Nc3cccc(C)c3C)c2n1. The number of aromatic nitrogens is 4. The minimum Gasteiger partial charge on any atom is -0.326 e. The predicted octanol–water partition coefficient (Wildman–Crippen LogP) is 4.87. The number of carbonyl (C=O) groups is 1. The number of pyridine rings is 1. The molecule has 0 saturated carbocycles. The number of benzene rings is 1. The number of amides is 1. The Hall–Kier alpha value is -3.41. The van der Waals surface area contributed by atoms with Gasteiger partial charge in [-0.15, -0.1) is 0 Å². The molecule has 0 aliphatic rings. The van der Waals surface area contributed by atoms with Gasteiger partial charge in [0.05, 0.1) is 5.39 Å². The molecule has 6 nitrogen and oxygen atoms in total. The number of nitrogens with one attached hydrogen (secondary N) is 1. The maximum atomic E-state index is 12.5. The second kappa shape index (κ2) is 8.14. The molecule has 4 aromatic rings. The molecular formula is C24H27N5O. The summed E-state index contributed by atoms with van der Waals surface area (Å²) in [5.41, 5.74) is 6.15. The highest BCUT2D eigenvalue weighted by Crippen LogP contribution is 2.25. The number of aryl methyl sites for hydroxylation is 4. The van der Waals surface area contributed by atoms with E-state index in [9.17, 15) is 4.79 Å². The Balaban J connectivity index is 1.52. The summed E-state index contributed by atoms with van der Waals surface area (Å²) in [6.45, 7) is 8.80. The molecule has 1 N–H and O–H groups in total. The lowest BCUT2D eigenvalue weighted by atomic mass is 10.1. The smallest absolute Gasteiger partial charge is 0.224 e. The van der Waals surface area contributed by atoms with Gasteiger partial charge in [0.1, 0.15) is 0 Å². The summed E-state index contributed by atoms with van der Waals surface area (Å²) < 4.78 is 3.94. The predicted molar refractivity (Wildman–Crippen MR) is 120 cm³/mol. The van der Waals surface area contributed by atoms with Crippen molar-refractivity contribution in [3.05, 3.63) is 71.2 Å². The van der Waals surface area contributed by atoms with Gasteiger partial charge in [-0.2, -0.15) is 5.10 Å². The lowest BCUT2D eigenvalue weighted by molar-refractivity contribution is -0.116. The number of hydrogen-bond donors (Lipinski definition) is 1. The van der Waals surface area contributed by atoms with Crippen molar-refractivity contribution in [2.24, 2.45) is 0 Å². The molecule has 1 aromatic carbocycles. The van der Waals surface area contributed by atoms with Gasteiger partial charge in [-0.25, -0.2) is 9.67 Å². The molecule has 154 valence electrons. The van der Waals surface area contributed by atoms with Crippen molar-refractivity contribution < 1.29 is 4.79 Å². The van der Waals surface area contributed by atoms with E-state index in [2.05, 4.69) is 18.3 Å². The Bertz CT molecular complexity index is 1200. The number of fused-ring (bicyclic) bond motifs is 1. The Morgan fingerprint density at radius 1 is 1.03 bits per heavy atom. The first-order valence-corrected chi connectivity index (χ1v) is 10.3. The highest BCUT2D eigenvalue weighted by Gasteiger charge is 2.16. The number of rotatable bonds is 6. The normalized spacial score (nSPS) is 11.2. The average molecular weight is 402 g/mol. The van der Waals surface area contributed by atoms with Crippen molar-refractivity contribution in [1.29, 1.82) is 0 Å². The number of carbonyl (C=O) groups excluding carboxylic acids is 1. The summed E-state index contributed by atoms with van der Waals surface area (Å²) in [6.07, 6.45) is 5.09. The summed E-state index contributed by atoms with van der Waals surface area (Å²) >= 11 is 0. The van der Waals surface area contributed by atoms with Crippen molar-refractivity contribution in [3.63, 3.8) is 0 Å². The number of hydrogen-bond acceptors (Lipinski definition) is 3. The van der Waals surface area contributed by atoms with E-state index in [0.717, 1.165) is 39.4 Å². The highest BCUT2D eigenvalue weighted by atomic mass is 16.1. The molecule has 3 aromatic heterocycles. The van der Waals surface area contributed by atoms with E-state index in [4.69, 9.17) is 10.1 Å². The van der Waals surface area contributed by atoms with Crippen LogP contribution >= 0.6 is 0 Å². The minimum absolute atomic E-state index is 0.0196. The van der Waals surface area contributed by atoms with Gasteiger partial charge in [0.25, 0.3) is 0 Å². The zero-order chi connectivity index (χ0) is 21.3. The first-order chi connectivity index (χ1) is 14.4. The van der Waals surface area contributed by atoms with Crippen molar-refractivity contribution in [2.45, 2.75) is 47.1 Å². The van der Waals surface area contributed by atoms with Crippen LogP contribution in [-0.2, 0) is 11.3 Å². The van der Waals surface area contributed by atoms with Crippen LogP contribution in [0.4, 0.5) is 5.69 Å². The molecule has 3 heterocycles. The summed E-state index contributed by atoms with van der Waals surface area (Å²) in [5, 5.41) is 8.91. The largest absolute Gasteiger partial charge is 0.326 e. The Labute approximate surface area is 176 Å². The van der Waals surface area contributed by atoms with Crippen LogP contribution in [0.1, 0.15) is 35.2 Å². The van der Waals surface area contributed by atoms with Crippen molar-refractivity contribution in [2.75, 3.05) is 5.32 Å². The second-order valence-corrected chi connectivity index (χ2v) is 7.82. The van der Waals surface area contributed by atoms with Gasteiger partial charge in [0.2, 0.25) is 5.91 Å².